The largest absolute Gasteiger partial charge is 0.483 e. The Bertz CT molecular complexity index is 732. The number of ether oxygens (including phenoxy) is 1. The van der Waals surface area contributed by atoms with Crippen LogP contribution in [0.1, 0.15) is 18.1 Å². The van der Waals surface area contributed by atoms with Crippen LogP contribution in [0.5, 0.6) is 5.75 Å². The van der Waals surface area contributed by atoms with E-state index in [0.717, 1.165) is 24.1 Å². The summed E-state index contributed by atoms with van der Waals surface area (Å²) in [5, 5.41) is 2.39. The van der Waals surface area contributed by atoms with Crippen LogP contribution in [0, 0.1) is 0 Å². The monoisotopic (exact) mass is 401 g/mol. The highest BCUT2D eigenvalue weighted by molar-refractivity contribution is 9.10. The van der Waals surface area contributed by atoms with Gasteiger partial charge in [0.1, 0.15) is 5.75 Å². The molecule has 3 nitrogen and oxygen atoms in total. The number of benzene rings is 2. The molecule has 0 heterocycles. The minimum absolute atomic E-state index is 0.0684. The minimum atomic E-state index is -4.46. The summed E-state index contributed by atoms with van der Waals surface area (Å²) in [6.45, 7) is 1.71. The first-order chi connectivity index (χ1) is 11.3. The van der Waals surface area contributed by atoms with E-state index in [1.807, 2.05) is 19.1 Å². The minimum Gasteiger partial charge on any atom is -0.483 e. The van der Waals surface area contributed by atoms with Crippen LogP contribution < -0.4 is 10.1 Å². The summed E-state index contributed by atoms with van der Waals surface area (Å²) in [5.41, 5.74) is 0.362. The highest BCUT2D eigenvalue weighted by Gasteiger charge is 2.30. The Morgan fingerprint density at radius 3 is 2.58 bits per heavy atom. The second-order valence-corrected chi connectivity index (χ2v) is 5.89. The Hall–Kier alpha value is -2.02. The smallest absolute Gasteiger partial charge is 0.416 e. The fourth-order valence-electron chi connectivity index (χ4n) is 1.99. The topological polar surface area (TPSA) is 38.3 Å². The van der Waals surface area contributed by atoms with Crippen molar-refractivity contribution in [3.8, 4) is 5.75 Å². The van der Waals surface area contributed by atoms with Crippen LogP contribution in [0.15, 0.2) is 46.9 Å². The van der Waals surface area contributed by atoms with Crippen LogP contribution >= 0.6 is 15.9 Å². The second-order valence-electron chi connectivity index (χ2n) is 5.03. The normalized spacial score (nSPS) is 11.2. The van der Waals surface area contributed by atoms with Crippen molar-refractivity contribution in [3.63, 3.8) is 0 Å². The summed E-state index contributed by atoms with van der Waals surface area (Å²) in [4.78, 5) is 11.8. The summed E-state index contributed by atoms with van der Waals surface area (Å²) >= 11 is 3.35. The lowest BCUT2D eigenvalue weighted by atomic mass is 10.2. The van der Waals surface area contributed by atoms with E-state index in [1.54, 1.807) is 6.07 Å². The summed E-state index contributed by atoms with van der Waals surface area (Å²) in [6.07, 6.45) is -3.59. The second kappa shape index (κ2) is 7.70. The maximum Gasteiger partial charge on any atom is 0.416 e. The van der Waals surface area contributed by atoms with Crippen molar-refractivity contribution in [1.82, 2.24) is 0 Å². The summed E-state index contributed by atoms with van der Waals surface area (Å²) < 4.78 is 44.0. The molecule has 0 spiro atoms. The van der Waals surface area contributed by atoms with Crippen molar-refractivity contribution in [1.29, 1.82) is 0 Å². The Balaban J connectivity index is 1.97. The third kappa shape index (κ3) is 4.99. The molecule has 0 aliphatic heterocycles. The van der Waals surface area contributed by atoms with Crippen LogP contribution in [0.4, 0.5) is 18.9 Å². The fourth-order valence-corrected chi connectivity index (χ4v) is 2.54. The highest BCUT2D eigenvalue weighted by atomic mass is 79.9. The van der Waals surface area contributed by atoms with E-state index in [4.69, 9.17) is 4.74 Å². The quantitative estimate of drug-likeness (QED) is 0.761. The van der Waals surface area contributed by atoms with Crippen molar-refractivity contribution in [2.75, 3.05) is 11.9 Å². The zero-order valence-corrected chi connectivity index (χ0v) is 14.4. The number of anilines is 1. The van der Waals surface area contributed by atoms with Crippen molar-refractivity contribution in [2.45, 2.75) is 19.5 Å². The molecule has 0 aromatic heterocycles. The first-order valence-electron chi connectivity index (χ1n) is 7.18. The number of hydrogen-bond acceptors (Lipinski definition) is 2. The van der Waals surface area contributed by atoms with Crippen molar-refractivity contribution < 1.29 is 22.7 Å². The van der Waals surface area contributed by atoms with E-state index < -0.39 is 17.6 Å². The number of halogens is 4. The van der Waals surface area contributed by atoms with Gasteiger partial charge in [-0.2, -0.15) is 13.2 Å². The van der Waals surface area contributed by atoms with Crippen LogP contribution in [0.3, 0.4) is 0 Å². The van der Waals surface area contributed by atoms with Gasteiger partial charge in [-0.25, -0.2) is 0 Å². The molecule has 2 aromatic carbocycles. The lowest BCUT2D eigenvalue weighted by molar-refractivity contribution is -0.137. The maximum atomic E-state index is 12.6. The lowest BCUT2D eigenvalue weighted by Gasteiger charge is -2.11. The molecular formula is C17H15BrF3NO2. The van der Waals surface area contributed by atoms with E-state index in [-0.39, 0.29) is 12.3 Å². The number of carbonyl (C=O) groups is 1. The van der Waals surface area contributed by atoms with E-state index >= 15 is 0 Å². The molecule has 0 saturated heterocycles. The van der Waals surface area contributed by atoms with Gasteiger partial charge < -0.3 is 10.1 Å². The molecule has 0 unspecified atom stereocenters. The summed E-state index contributed by atoms with van der Waals surface area (Å²) in [7, 11) is 0. The number of carbonyl (C=O) groups excluding carboxylic acids is 1. The summed E-state index contributed by atoms with van der Waals surface area (Å²) in [5.74, 6) is -0.0489. The van der Waals surface area contributed by atoms with Gasteiger partial charge in [-0.1, -0.05) is 19.1 Å². The molecule has 0 aliphatic rings. The van der Waals surface area contributed by atoms with Crippen molar-refractivity contribution >= 4 is 27.5 Å². The number of amides is 1. The number of alkyl halides is 3. The first kappa shape index (κ1) is 18.3. The molecule has 0 radical (unpaired) electrons. The predicted octanol–water partition coefficient (Wildman–Crippen LogP) is 5.05. The van der Waals surface area contributed by atoms with Crippen molar-refractivity contribution in [2.24, 2.45) is 0 Å². The van der Waals surface area contributed by atoms with Crippen LogP contribution in [-0.4, -0.2) is 12.5 Å². The molecule has 0 saturated carbocycles. The number of rotatable bonds is 5. The first-order valence-corrected chi connectivity index (χ1v) is 7.97. The average molecular weight is 402 g/mol. The zero-order valence-electron chi connectivity index (χ0n) is 12.8. The molecule has 0 aliphatic carbocycles. The molecular weight excluding hydrogens is 387 g/mol. The zero-order chi connectivity index (χ0) is 17.7. The van der Waals surface area contributed by atoms with E-state index in [0.29, 0.717) is 10.2 Å². The molecule has 1 amide bonds. The van der Waals surface area contributed by atoms with Crippen LogP contribution in [0.2, 0.25) is 0 Å². The van der Waals surface area contributed by atoms with Gasteiger partial charge in [0.05, 0.1) is 10.0 Å². The Labute approximate surface area is 146 Å². The lowest BCUT2D eigenvalue weighted by Crippen LogP contribution is -2.20. The molecule has 1 N–H and O–H groups in total. The van der Waals surface area contributed by atoms with Gasteiger partial charge >= 0.3 is 6.18 Å². The highest BCUT2D eigenvalue weighted by Crippen LogP contribution is 2.30. The summed E-state index contributed by atoms with van der Waals surface area (Å²) in [6, 6.07) is 9.95. The Morgan fingerprint density at radius 2 is 1.96 bits per heavy atom. The predicted molar refractivity (Wildman–Crippen MR) is 89.1 cm³/mol. The van der Waals surface area contributed by atoms with Gasteiger partial charge in [-0.05, 0) is 58.2 Å². The van der Waals surface area contributed by atoms with Crippen LogP contribution in [0.25, 0.3) is 0 Å². The molecule has 0 fully saturated rings. The van der Waals surface area contributed by atoms with Gasteiger partial charge in [0.25, 0.3) is 5.91 Å². The Kier molecular flexibility index (Phi) is 5.88. The number of nitrogens with one attached hydrogen (secondary N) is 1. The fraction of sp³-hybridized carbons (Fsp3) is 0.235. The van der Waals surface area contributed by atoms with Gasteiger partial charge in [-0.3, -0.25) is 4.79 Å². The number of hydrogen-bond donors (Lipinski definition) is 1. The van der Waals surface area contributed by atoms with E-state index in [1.165, 1.54) is 12.1 Å². The maximum absolute atomic E-state index is 12.6. The van der Waals surface area contributed by atoms with Gasteiger partial charge in [0.15, 0.2) is 6.61 Å². The standard InChI is InChI=1S/C17H15BrF3NO2/c1-2-11-6-7-15(14(18)8-11)24-10-16(23)22-13-5-3-4-12(9-13)17(19,20)21/h3-9H,2,10H2,1H3,(H,22,23). The molecule has 7 heteroatoms. The van der Waals surface area contributed by atoms with Crippen LogP contribution in [-0.2, 0) is 17.4 Å². The molecule has 0 atom stereocenters. The third-order valence-electron chi connectivity index (χ3n) is 3.24. The molecule has 24 heavy (non-hydrogen) atoms. The van der Waals surface area contributed by atoms with Gasteiger partial charge in [0.2, 0.25) is 0 Å². The number of aryl methyl sites for hydroxylation is 1. The Morgan fingerprint density at radius 1 is 1.21 bits per heavy atom. The average Bonchev–Trinajstić information content (AvgIpc) is 2.53. The molecule has 2 aromatic rings. The molecule has 0 bridgehead atoms. The molecule has 2 rings (SSSR count). The third-order valence-corrected chi connectivity index (χ3v) is 3.86. The van der Waals surface area contributed by atoms with E-state index in [2.05, 4.69) is 21.2 Å². The molecule has 128 valence electrons. The van der Waals surface area contributed by atoms with Gasteiger partial charge in [-0.15, -0.1) is 0 Å². The van der Waals surface area contributed by atoms with Crippen molar-refractivity contribution in [3.05, 3.63) is 58.1 Å². The SMILES string of the molecule is CCc1ccc(OCC(=O)Nc2cccc(C(F)(F)F)c2)c(Br)c1. The van der Waals surface area contributed by atoms with E-state index in [9.17, 15) is 18.0 Å². The van der Waals surface area contributed by atoms with Gasteiger partial charge in [0, 0.05) is 5.69 Å².